The normalized spacial score (nSPS) is 12.8. The number of ether oxygens (including phenoxy) is 2. The molecule has 0 saturated carbocycles. The van der Waals surface area contributed by atoms with E-state index in [4.69, 9.17) is 9.47 Å². The maximum atomic E-state index is 14.2. The Morgan fingerprint density at radius 1 is 0.893 bits per heavy atom. The minimum absolute atomic E-state index is 0.0223. The van der Waals surface area contributed by atoms with Gasteiger partial charge in [-0.1, -0.05) is 66.7 Å². The second-order valence-electron chi connectivity index (χ2n) is 12.7. The summed E-state index contributed by atoms with van der Waals surface area (Å²) >= 11 is 2.54. The highest BCUT2D eigenvalue weighted by atomic mass is 32.2. The third-order valence-electron chi connectivity index (χ3n) is 8.85. The highest BCUT2D eigenvalue weighted by molar-refractivity contribution is 8.00. The van der Waals surface area contributed by atoms with Crippen molar-refractivity contribution in [2.24, 2.45) is 0 Å². The second kappa shape index (κ2) is 18.4. The van der Waals surface area contributed by atoms with Crippen LogP contribution in [0.5, 0.6) is 5.75 Å². The molecule has 0 fully saturated rings. The van der Waals surface area contributed by atoms with E-state index in [2.05, 4.69) is 16.0 Å². The van der Waals surface area contributed by atoms with E-state index < -0.39 is 23.0 Å². The van der Waals surface area contributed by atoms with Gasteiger partial charge in [-0.15, -0.1) is 23.1 Å². The Bertz CT molecular complexity index is 2260. The van der Waals surface area contributed by atoms with E-state index in [1.165, 1.54) is 37.1 Å². The molecule has 0 radical (unpaired) electrons. The van der Waals surface area contributed by atoms with Gasteiger partial charge in [-0.2, -0.15) is 0 Å². The van der Waals surface area contributed by atoms with Gasteiger partial charge in [-0.05, 0) is 78.6 Å². The van der Waals surface area contributed by atoms with Crippen LogP contribution in [0, 0.1) is 0 Å². The lowest BCUT2D eigenvalue weighted by molar-refractivity contribution is -0.129. The van der Waals surface area contributed by atoms with Crippen molar-refractivity contribution in [3.05, 3.63) is 148 Å². The summed E-state index contributed by atoms with van der Waals surface area (Å²) in [5.74, 6) is -1.31. The summed E-state index contributed by atoms with van der Waals surface area (Å²) in [6.07, 6.45) is 2.05. The standard InChI is InChI=1S/C43H40N4O7S2/c1-4-54-32-20-18-28(19-21-32)24-35(45-39(49)30-14-9-6-10-15-30)40(50)44-31-16-11-17-33(25-31)55-38(29-12-7-5-8-13-29)41(51)46-42-37(43(52)53-3)34-22-23-47(27(2)48)26-36(34)56-42/h5-21,24-25,38H,4,22-23,26H2,1-3H3,(H,44,50)(H,45,49)(H,46,51)/b35-24+. The van der Waals surface area contributed by atoms with Crippen LogP contribution in [-0.2, 0) is 32.1 Å². The molecule has 0 saturated heterocycles. The van der Waals surface area contributed by atoms with Crippen LogP contribution in [-0.4, -0.2) is 54.8 Å². The van der Waals surface area contributed by atoms with Crippen LogP contribution in [0.4, 0.5) is 10.7 Å². The molecule has 1 unspecified atom stereocenters. The van der Waals surface area contributed by atoms with Crippen LogP contribution in [0.25, 0.3) is 6.08 Å². The molecule has 1 aliphatic rings. The number of carbonyl (C=O) groups excluding carboxylic acids is 5. The highest BCUT2D eigenvalue weighted by Crippen LogP contribution is 2.41. The van der Waals surface area contributed by atoms with Crippen molar-refractivity contribution in [2.45, 2.75) is 37.0 Å². The van der Waals surface area contributed by atoms with Gasteiger partial charge < -0.3 is 30.3 Å². The quantitative estimate of drug-likeness (QED) is 0.0626. The largest absolute Gasteiger partial charge is 0.494 e. The zero-order valence-corrected chi connectivity index (χ0v) is 32.6. The lowest BCUT2D eigenvalue weighted by Crippen LogP contribution is -2.33. The first kappa shape index (κ1) is 39.5. The van der Waals surface area contributed by atoms with Crippen LogP contribution in [0.2, 0.25) is 0 Å². The average Bonchev–Trinajstić information content (AvgIpc) is 3.57. The fourth-order valence-corrected chi connectivity index (χ4v) is 8.41. The van der Waals surface area contributed by atoms with E-state index in [1.807, 2.05) is 43.3 Å². The van der Waals surface area contributed by atoms with Gasteiger partial charge in [0.05, 0.1) is 25.8 Å². The molecule has 13 heteroatoms. The van der Waals surface area contributed by atoms with E-state index in [9.17, 15) is 24.0 Å². The van der Waals surface area contributed by atoms with Gasteiger partial charge in [0.1, 0.15) is 21.7 Å². The van der Waals surface area contributed by atoms with Crippen molar-refractivity contribution >= 4 is 69.5 Å². The van der Waals surface area contributed by atoms with Gasteiger partial charge in [0.2, 0.25) is 11.8 Å². The molecule has 4 amide bonds. The molecular formula is C43H40N4O7S2. The number of benzene rings is 4. The molecule has 11 nitrogen and oxygen atoms in total. The first-order valence-electron chi connectivity index (χ1n) is 17.9. The van der Waals surface area contributed by atoms with Crippen molar-refractivity contribution in [3.8, 4) is 5.75 Å². The molecule has 6 rings (SSSR count). The van der Waals surface area contributed by atoms with Crippen molar-refractivity contribution < 1.29 is 33.4 Å². The topological polar surface area (TPSA) is 143 Å². The van der Waals surface area contributed by atoms with E-state index >= 15 is 0 Å². The molecular weight excluding hydrogens is 749 g/mol. The summed E-state index contributed by atoms with van der Waals surface area (Å²) in [7, 11) is 1.30. The number of fused-ring (bicyclic) bond motifs is 1. The number of thioether (sulfide) groups is 1. The average molecular weight is 789 g/mol. The highest BCUT2D eigenvalue weighted by Gasteiger charge is 2.32. The van der Waals surface area contributed by atoms with Gasteiger partial charge in [-0.25, -0.2) is 4.79 Å². The number of hydrogen-bond donors (Lipinski definition) is 3. The predicted molar refractivity (Wildman–Crippen MR) is 219 cm³/mol. The van der Waals surface area contributed by atoms with Crippen LogP contribution in [0.15, 0.2) is 120 Å². The molecule has 3 N–H and O–H groups in total. The molecule has 0 aliphatic carbocycles. The number of rotatable bonds is 13. The number of nitrogens with zero attached hydrogens (tertiary/aromatic N) is 1. The Labute approximate surface area is 333 Å². The van der Waals surface area contributed by atoms with Crippen LogP contribution in [0.1, 0.15) is 61.4 Å². The maximum absolute atomic E-state index is 14.2. The lowest BCUT2D eigenvalue weighted by atomic mass is 10.0. The monoisotopic (exact) mass is 788 g/mol. The molecule has 0 spiro atoms. The summed E-state index contributed by atoms with van der Waals surface area (Å²) in [6, 6.07) is 32.1. The van der Waals surface area contributed by atoms with Crippen molar-refractivity contribution in [2.75, 3.05) is 30.9 Å². The first-order valence-corrected chi connectivity index (χ1v) is 19.6. The maximum Gasteiger partial charge on any atom is 0.341 e. The Hall–Kier alpha value is -6.18. The zero-order valence-electron chi connectivity index (χ0n) is 31.0. The molecule has 1 atom stereocenters. The summed E-state index contributed by atoms with van der Waals surface area (Å²) in [5, 5.41) is 8.26. The van der Waals surface area contributed by atoms with E-state index in [-0.39, 0.29) is 17.5 Å². The van der Waals surface area contributed by atoms with Crippen LogP contribution >= 0.6 is 23.1 Å². The predicted octanol–water partition coefficient (Wildman–Crippen LogP) is 7.72. The second-order valence-corrected chi connectivity index (χ2v) is 14.9. The molecule has 5 aromatic rings. The number of esters is 1. The summed E-state index contributed by atoms with van der Waals surface area (Å²) in [6.45, 7) is 4.72. The SMILES string of the molecule is CCOc1ccc(/C=C(/NC(=O)c2ccccc2)C(=O)Nc2cccc(SC(C(=O)Nc3sc4c(c3C(=O)OC)CCN(C(C)=O)C4)c3ccccc3)c2)cc1. The minimum atomic E-state index is -0.763. The first-order chi connectivity index (χ1) is 27.1. The minimum Gasteiger partial charge on any atom is -0.494 e. The third kappa shape index (κ3) is 9.73. The molecule has 2 heterocycles. The van der Waals surface area contributed by atoms with Gasteiger partial charge in [0.25, 0.3) is 11.8 Å². The Kier molecular flexibility index (Phi) is 13.0. The molecule has 1 aromatic heterocycles. The van der Waals surface area contributed by atoms with E-state index in [0.29, 0.717) is 64.1 Å². The van der Waals surface area contributed by atoms with Gasteiger partial charge in [-0.3, -0.25) is 19.2 Å². The number of amides is 4. The molecule has 56 heavy (non-hydrogen) atoms. The number of carbonyl (C=O) groups is 5. The van der Waals surface area contributed by atoms with E-state index in [1.54, 1.807) is 83.8 Å². The Morgan fingerprint density at radius 2 is 1.61 bits per heavy atom. The van der Waals surface area contributed by atoms with Crippen molar-refractivity contribution in [1.29, 1.82) is 0 Å². The van der Waals surface area contributed by atoms with Gasteiger partial charge in [0.15, 0.2) is 0 Å². The smallest absolute Gasteiger partial charge is 0.341 e. The van der Waals surface area contributed by atoms with Gasteiger partial charge >= 0.3 is 5.97 Å². The van der Waals surface area contributed by atoms with Crippen molar-refractivity contribution in [3.63, 3.8) is 0 Å². The van der Waals surface area contributed by atoms with Crippen molar-refractivity contribution in [1.82, 2.24) is 10.2 Å². The number of methoxy groups -OCH3 is 1. The Balaban J connectivity index is 1.25. The van der Waals surface area contributed by atoms with E-state index in [0.717, 1.165) is 16.0 Å². The lowest BCUT2D eigenvalue weighted by Gasteiger charge is -2.25. The molecule has 1 aliphatic heterocycles. The molecule has 286 valence electrons. The summed E-state index contributed by atoms with van der Waals surface area (Å²) in [4.78, 5) is 69.6. The number of anilines is 2. The van der Waals surface area contributed by atoms with Crippen LogP contribution < -0.4 is 20.7 Å². The zero-order chi connectivity index (χ0) is 39.6. The number of nitrogens with one attached hydrogen (secondary N) is 3. The number of hydrogen-bond acceptors (Lipinski definition) is 9. The van der Waals surface area contributed by atoms with Crippen LogP contribution in [0.3, 0.4) is 0 Å². The molecule has 4 aromatic carbocycles. The molecule has 0 bridgehead atoms. The summed E-state index contributed by atoms with van der Waals surface area (Å²) < 4.78 is 10.7. The van der Waals surface area contributed by atoms with Gasteiger partial charge in [0, 0.05) is 34.5 Å². The Morgan fingerprint density at radius 3 is 2.29 bits per heavy atom. The third-order valence-corrected chi connectivity index (χ3v) is 11.2. The fourth-order valence-electron chi connectivity index (χ4n) is 6.07. The fraction of sp³-hybridized carbons (Fsp3) is 0.186. The summed E-state index contributed by atoms with van der Waals surface area (Å²) in [5.41, 5.74) is 3.32. The number of thiophene rings is 1.